The van der Waals surface area contributed by atoms with Gasteiger partial charge in [-0.25, -0.2) is 0 Å². The standard InChI is InChI=1S/C7H15NOS2/c1-11(2,10)7(9)6-4-3-5-8-6/h6,8,10H,3-5H2,1-2H3. The Morgan fingerprint density at radius 2 is 2.27 bits per heavy atom. The molecule has 1 aliphatic heterocycles. The summed E-state index contributed by atoms with van der Waals surface area (Å²) in [6, 6.07) is 0.0949. The van der Waals surface area contributed by atoms with Crippen LogP contribution in [0.5, 0.6) is 0 Å². The van der Waals surface area contributed by atoms with Crippen molar-refractivity contribution in [2.45, 2.75) is 18.9 Å². The Balaban J connectivity index is 2.53. The summed E-state index contributed by atoms with van der Waals surface area (Å²) in [7, 11) is -1.29. The molecule has 1 fully saturated rings. The van der Waals surface area contributed by atoms with Crippen molar-refractivity contribution in [2.75, 3.05) is 19.1 Å². The van der Waals surface area contributed by atoms with Crippen LogP contribution in [0.1, 0.15) is 12.8 Å². The quantitative estimate of drug-likeness (QED) is 0.483. The lowest BCUT2D eigenvalue weighted by atomic mass is 10.2. The van der Waals surface area contributed by atoms with Crippen molar-refractivity contribution in [3.05, 3.63) is 0 Å². The number of rotatable bonds is 1. The molecule has 1 heterocycles. The zero-order valence-corrected chi connectivity index (χ0v) is 8.67. The molecule has 1 unspecified atom stereocenters. The van der Waals surface area contributed by atoms with E-state index in [1.165, 1.54) is 0 Å². The van der Waals surface area contributed by atoms with Crippen LogP contribution in [0.25, 0.3) is 0 Å². The molecule has 0 spiro atoms. The lowest BCUT2D eigenvalue weighted by Gasteiger charge is -2.25. The minimum absolute atomic E-state index is 0.0949. The van der Waals surface area contributed by atoms with Crippen LogP contribution in [0.4, 0.5) is 0 Å². The van der Waals surface area contributed by atoms with Crippen molar-refractivity contribution in [3.63, 3.8) is 0 Å². The second-order valence-electron chi connectivity index (χ2n) is 3.24. The van der Waals surface area contributed by atoms with Crippen LogP contribution in [0.3, 0.4) is 0 Å². The average Bonchev–Trinajstić information content (AvgIpc) is 2.34. The van der Waals surface area contributed by atoms with Crippen LogP contribution in [0.15, 0.2) is 0 Å². The van der Waals surface area contributed by atoms with Gasteiger partial charge >= 0.3 is 0 Å². The predicted octanol–water partition coefficient (Wildman–Crippen LogP) is 1.17. The Bertz CT molecular complexity index is 158. The van der Waals surface area contributed by atoms with Gasteiger partial charge in [0, 0.05) is 0 Å². The largest absolute Gasteiger partial charge is 0.307 e. The van der Waals surface area contributed by atoms with Crippen LogP contribution in [0, 0.1) is 0 Å². The molecule has 0 aromatic rings. The molecule has 1 rings (SSSR count). The molecule has 66 valence electrons. The maximum atomic E-state index is 11.6. The summed E-state index contributed by atoms with van der Waals surface area (Å²) in [5.74, 6) is 0. The molecule has 0 aliphatic carbocycles. The first-order chi connectivity index (χ1) is 5.02. The second kappa shape index (κ2) is 3.37. The first kappa shape index (κ1) is 9.42. The molecule has 2 nitrogen and oxygen atoms in total. The first-order valence-corrected chi connectivity index (χ1v) is 7.25. The average molecular weight is 193 g/mol. The van der Waals surface area contributed by atoms with Gasteiger partial charge in [-0.2, -0.15) is 0 Å². The summed E-state index contributed by atoms with van der Waals surface area (Å²) in [6.07, 6.45) is 5.98. The van der Waals surface area contributed by atoms with E-state index in [9.17, 15) is 4.79 Å². The Morgan fingerprint density at radius 1 is 1.64 bits per heavy atom. The molecule has 4 heteroatoms. The molecule has 0 bridgehead atoms. The van der Waals surface area contributed by atoms with Crippen molar-refractivity contribution in [2.24, 2.45) is 0 Å². The Hall–Kier alpha value is 0.330. The molecule has 0 radical (unpaired) electrons. The smallest absolute Gasteiger partial charge is 0.196 e. The molecule has 0 amide bonds. The fraction of sp³-hybridized carbons (Fsp3) is 0.857. The summed E-state index contributed by atoms with van der Waals surface area (Å²) >= 11 is 4.32. The van der Waals surface area contributed by atoms with E-state index >= 15 is 0 Å². The van der Waals surface area contributed by atoms with E-state index < -0.39 is 9.06 Å². The van der Waals surface area contributed by atoms with E-state index in [0.717, 1.165) is 19.4 Å². The van der Waals surface area contributed by atoms with Crippen molar-refractivity contribution in [3.8, 4) is 0 Å². The van der Waals surface area contributed by atoms with Gasteiger partial charge in [0.2, 0.25) is 0 Å². The second-order valence-corrected chi connectivity index (χ2v) is 8.93. The van der Waals surface area contributed by atoms with Crippen molar-refractivity contribution in [1.82, 2.24) is 5.32 Å². The third-order valence-electron chi connectivity index (χ3n) is 1.84. The third kappa shape index (κ3) is 2.39. The SMILES string of the molecule is CS(C)(S)C(=O)C1CCCN1. The van der Waals surface area contributed by atoms with E-state index in [1.54, 1.807) is 0 Å². The minimum Gasteiger partial charge on any atom is -0.307 e. The van der Waals surface area contributed by atoms with E-state index in [2.05, 4.69) is 17.0 Å². The Morgan fingerprint density at radius 3 is 2.64 bits per heavy atom. The number of nitrogens with one attached hydrogen (secondary N) is 1. The van der Waals surface area contributed by atoms with Crippen LogP contribution >= 0.6 is 20.7 Å². The van der Waals surface area contributed by atoms with Crippen LogP contribution < -0.4 is 5.32 Å². The minimum atomic E-state index is -1.29. The van der Waals surface area contributed by atoms with E-state index in [0.29, 0.717) is 5.12 Å². The lowest BCUT2D eigenvalue weighted by Crippen LogP contribution is -2.32. The number of hydrogen-bond donors (Lipinski definition) is 2. The predicted molar refractivity (Wildman–Crippen MR) is 54.5 cm³/mol. The monoisotopic (exact) mass is 193 g/mol. The normalized spacial score (nSPS) is 27.0. The highest BCUT2D eigenvalue weighted by atomic mass is 33.1. The van der Waals surface area contributed by atoms with E-state index in [-0.39, 0.29) is 6.04 Å². The zero-order valence-electron chi connectivity index (χ0n) is 6.96. The number of hydrogen-bond acceptors (Lipinski definition) is 3. The van der Waals surface area contributed by atoms with Crippen LogP contribution in [-0.4, -0.2) is 30.2 Å². The van der Waals surface area contributed by atoms with Crippen molar-refractivity contribution in [1.29, 1.82) is 0 Å². The summed E-state index contributed by atoms with van der Waals surface area (Å²) in [5.41, 5.74) is 0. The summed E-state index contributed by atoms with van der Waals surface area (Å²) in [5, 5.41) is 3.49. The maximum Gasteiger partial charge on any atom is 0.196 e. The van der Waals surface area contributed by atoms with E-state index in [1.807, 2.05) is 12.5 Å². The van der Waals surface area contributed by atoms with Gasteiger partial charge < -0.3 is 5.32 Å². The van der Waals surface area contributed by atoms with Gasteiger partial charge in [-0.3, -0.25) is 4.79 Å². The molecule has 0 aromatic heterocycles. The van der Waals surface area contributed by atoms with Crippen LogP contribution in [-0.2, 0) is 4.79 Å². The summed E-state index contributed by atoms with van der Waals surface area (Å²) in [6.45, 7) is 0.986. The molecular formula is C7H15NOS2. The zero-order chi connectivity index (χ0) is 8.48. The first-order valence-electron chi connectivity index (χ1n) is 3.75. The van der Waals surface area contributed by atoms with Gasteiger partial charge in [0.25, 0.3) is 0 Å². The van der Waals surface area contributed by atoms with Gasteiger partial charge in [0.1, 0.15) is 0 Å². The lowest BCUT2D eigenvalue weighted by molar-refractivity contribution is -0.112. The fourth-order valence-corrected chi connectivity index (χ4v) is 2.51. The van der Waals surface area contributed by atoms with Gasteiger partial charge in [-0.05, 0) is 31.9 Å². The molecule has 1 aliphatic rings. The Labute approximate surface area is 74.2 Å². The van der Waals surface area contributed by atoms with Gasteiger partial charge in [0.05, 0.1) is 6.04 Å². The molecule has 1 saturated heterocycles. The summed E-state index contributed by atoms with van der Waals surface area (Å²) < 4.78 is 0. The highest BCUT2D eigenvalue weighted by molar-refractivity contribution is 8.93. The van der Waals surface area contributed by atoms with E-state index in [4.69, 9.17) is 0 Å². The molecule has 1 N–H and O–H groups in total. The fourth-order valence-electron chi connectivity index (χ4n) is 1.23. The summed E-state index contributed by atoms with van der Waals surface area (Å²) in [4.78, 5) is 11.6. The number of carbonyl (C=O) groups is 1. The third-order valence-corrected chi connectivity index (χ3v) is 3.65. The van der Waals surface area contributed by atoms with Gasteiger partial charge in [-0.1, -0.05) is 0 Å². The molecule has 1 atom stereocenters. The molecule has 0 saturated carbocycles. The van der Waals surface area contributed by atoms with Crippen LogP contribution in [0.2, 0.25) is 0 Å². The van der Waals surface area contributed by atoms with Crippen molar-refractivity contribution < 1.29 is 4.79 Å². The van der Waals surface area contributed by atoms with Gasteiger partial charge in [-0.15, -0.1) is 20.7 Å². The molecular weight excluding hydrogens is 178 g/mol. The number of carbonyl (C=O) groups excluding carboxylic acids is 1. The highest BCUT2D eigenvalue weighted by Gasteiger charge is 2.28. The maximum absolute atomic E-state index is 11.6. The highest BCUT2D eigenvalue weighted by Crippen LogP contribution is 2.47. The number of thiol groups is 1. The Kier molecular flexibility index (Phi) is 2.89. The van der Waals surface area contributed by atoms with Crippen molar-refractivity contribution >= 4 is 25.8 Å². The topological polar surface area (TPSA) is 29.1 Å². The van der Waals surface area contributed by atoms with Gasteiger partial charge in [0.15, 0.2) is 5.12 Å². The molecule has 0 aromatic carbocycles. The molecule has 11 heavy (non-hydrogen) atoms.